The topological polar surface area (TPSA) is 99.1 Å². The van der Waals surface area contributed by atoms with Crippen LogP contribution >= 0.6 is 34.8 Å². The minimum Gasteiger partial charge on any atom is -0.394 e. The number of anilines is 1. The zero-order valence-corrected chi connectivity index (χ0v) is 16.7. The molecule has 10 heteroatoms. The SMILES string of the molecule is CC(C)C(CO)Nc1c(-c2ncc(Cl)cc2Cl)c(Cl)nc2c(C#N)cnn12. The van der Waals surface area contributed by atoms with E-state index in [1.807, 2.05) is 19.9 Å². The average molecular weight is 426 g/mol. The first-order valence-corrected chi connectivity index (χ1v) is 9.16. The van der Waals surface area contributed by atoms with E-state index in [1.54, 1.807) is 6.07 Å². The first kappa shape index (κ1) is 19.6. The van der Waals surface area contributed by atoms with Crippen LogP contribution in [0.4, 0.5) is 5.82 Å². The Labute approximate surface area is 170 Å². The number of nitrogens with one attached hydrogen (secondary N) is 1. The van der Waals surface area contributed by atoms with Gasteiger partial charge in [-0.05, 0) is 12.0 Å². The molecule has 1 unspecified atom stereocenters. The number of rotatable bonds is 5. The van der Waals surface area contributed by atoms with Crippen LogP contribution in [0.3, 0.4) is 0 Å². The van der Waals surface area contributed by atoms with E-state index in [4.69, 9.17) is 34.8 Å². The number of fused-ring (bicyclic) bond motifs is 1. The Morgan fingerprint density at radius 2 is 2.04 bits per heavy atom. The van der Waals surface area contributed by atoms with Crippen molar-refractivity contribution in [3.05, 3.63) is 39.2 Å². The van der Waals surface area contributed by atoms with E-state index < -0.39 is 0 Å². The number of aromatic nitrogens is 4. The molecule has 1 atom stereocenters. The molecule has 3 aromatic heterocycles. The van der Waals surface area contributed by atoms with Gasteiger partial charge in [0.1, 0.15) is 22.6 Å². The second kappa shape index (κ2) is 7.87. The Morgan fingerprint density at radius 3 is 2.63 bits per heavy atom. The lowest BCUT2D eigenvalue weighted by molar-refractivity contribution is 0.249. The van der Waals surface area contributed by atoms with Crippen molar-refractivity contribution >= 4 is 46.3 Å². The highest BCUT2D eigenvalue weighted by Gasteiger charge is 2.24. The molecule has 0 amide bonds. The van der Waals surface area contributed by atoms with E-state index in [2.05, 4.69) is 20.4 Å². The molecule has 3 heterocycles. The highest BCUT2D eigenvalue weighted by Crippen LogP contribution is 2.38. The number of nitrogens with zero attached hydrogens (tertiary/aromatic N) is 5. The highest BCUT2D eigenvalue weighted by molar-refractivity contribution is 6.37. The molecular formula is C17H15Cl3N6O. The average Bonchev–Trinajstić information content (AvgIpc) is 3.02. The predicted octanol–water partition coefficient (Wildman–Crippen LogP) is 4.05. The third-order valence-corrected chi connectivity index (χ3v) is 4.86. The Morgan fingerprint density at radius 1 is 1.30 bits per heavy atom. The van der Waals surface area contributed by atoms with Crippen molar-refractivity contribution in [2.45, 2.75) is 19.9 Å². The fourth-order valence-electron chi connectivity index (χ4n) is 2.58. The van der Waals surface area contributed by atoms with Gasteiger partial charge in [-0.2, -0.15) is 14.9 Å². The second-order valence-electron chi connectivity index (χ2n) is 6.19. The zero-order valence-electron chi connectivity index (χ0n) is 14.4. The smallest absolute Gasteiger partial charge is 0.176 e. The number of hydrogen-bond acceptors (Lipinski definition) is 6. The molecule has 140 valence electrons. The maximum Gasteiger partial charge on any atom is 0.176 e. The van der Waals surface area contributed by atoms with Crippen LogP contribution in [0, 0.1) is 17.2 Å². The molecule has 0 saturated heterocycles. The molecule has 0 aliphatic rings. The van der Waals surface area contributed by atoms with E-state index in [-0.39, 0.29) is 34.3 Å². The number of aliphatic hydroxyl groups is 1. The fourth-order valence-corrected chi connectivity index (χ4v) is 3.32. The molecule has 27 heavy (non-hydrogen) atoms. The zero-order chi connectivity index (χ0) is 19.7. The summed E-state index contributed by atoms with van der Waals surface area (Å²) in [6.07, 6.45) is 2.84. The molecule has 0 saturated carbocycles. The van der Waals surface area contributed by atoms with Crippen LogP contribution in [0.15, 0.2) is 18.5 Å². The van der Waals surface area contributed by atoms with Crippen molar-refractivity contribution < 1.29 is 5.11 Å². The monoisotopic (exact) mass is 424 g/mol. The largest absolute Gasteiger partial charge is 0.394 e. The molecule has 0 aliphatic heterocycles. The molecule has 0 radical (unpaired) electrons. The molecule has 0 aromatic carbocycles. The summed E-state index contributed by atoms with van der Waals surface area (Å²) in [5.74, 6) is 0.528. The number of pyridine rings is 1. The van der Waals surface area contributed by atoms with E-state index in [1.165, 1.54) is 16.9 Å². The Hall–Kier alpha value is -2.11. The fraction of sp³-hybridized carbons (Fsp3) is 0.294. The van der Waals surface area contributed by atoms with Crippen LogP contribution in [0.2, 0.25) is 15.2 Å². The lowest BCUT2D eigenvalue weighted by atomic mass is 10.0. The number of aliphatic hydroxyl groups excluding tert-OH is 1. The Bertz CT molecular complexity index is 1040. The number of nitriles is 1. The van der Waals surface area contributed by atoms with Gasteiger partial charge < -0.3 is 10.4 Å². The molecule has 3 rings (SSSR count). The van der Waals surface area contributed by atoms with Crippen LogP contribution in [0.25, 0.3) is 16.9 Å². The van der Waals surface area contributed by atoms with Crippen LogP contribution < -0.4 is 5.32 Å². The maximum absolute atomic E-state index is 9.75. The predicted molar refractivity (Wildman–Crippen MR) is 105 cm³/mol. The van der Waals surface area contributed by atoms with Gasteiger partial charge in [-0.15, -0.1) is 0 Å². The summed E-state index contributed by atoms with van der Waals surface area (Å²) in [6.45, 7) is 3.81. The van der Waals surface area contributed by atoms with Crippen molar-refractivity contribution in [3.63, 3.8) is 0 Å². The van der Waals surface area contributed by atoms with Crippen LogP contribution in [0.1, 0.15) is 19.4 Å². The molecule has 0 fully saturated rings. The number of hydrogen-bond donors (Lipinski definition) is 2. The van der Waals surface area contributed by atoms with E-state index in [0.29, 0.717) is 27.7 Å². The van der Waals surface area contributed by atoms with Gasteiger partial charge in [0.25, 0.3) is 0 Å². The van der Waals surface area contributed by atoms with Crippen LogP contribution in [-0.4, -0.2) is 37.3 Å². The van der Waals surface area contributed by atoms with Crippen molar-refractivity contribution in [1.29, 1.82) is 5.26 Å². The van der Waals surface area contributed by atoms with Gasteiger partial charge >= 0.3 is 0 Å². The van der Waals surface area contributed by atoms with Gasteiger partial charge in [0.15, 0.2) is 5.65 Å². The van der Waals surface area contributed by atoms with Crippen molar-refractivity contribution in [3.8, 4) is 17.3 Å². The summed E-state index contributed by atoms with van der Waals surface area (Å²) in [6, 6.07) is 3.28. The van der Waals surface area contributed by atoms with Crippen molar-refractivity contribution in [2.24, 2.45) is 5.92 Å². The summed E-state index contributed by atoms with van der Waals surface area (Å²) < 4.78 is 1.46. The number of halogens is 3. The van der Waals surface area contributed by atoms with Gasteiger partial charge in [0.2, 0.25) is 0 Å². The van der Waals surface area contributed by atoms with Crippen LogP contribution in [-0.2, 0) is 0 Å². The van der Waals surface area contributed by atoms with Gasteiger partial charge in [0.05, 0.1) is 40.1 Å². The summed E-state index contributed by atoms with van der Waals surface area (Å²) in [5, 5.41) is 27.3. The minimum atomic E-state index is -0.300. The van der Waals surface area contributed by atoms with Crippen LogP contribution in [0.5, 0.6) is 0 Å². The molecule has 3 aromatic rings. The summed E-state index contributed by atoms with van der Waals surface area (Å²) in [4.78, 5) is 8.58. The third kappa shape index (κ3) is 3.66. The first-order chi connectivity index (χ1) is 12.9. The standard InChI is InChI=1S/C17H15Cl3N6O/c1-8(2)12(7-27)24-17-13(14-11(19)3-10(18)6-22-14)15(20)25-16-9(4-21)5-23-26(16)17/h3,5-6,8,12,24,27H,7H2,1-2H3. The molecular weight excluding hydrogens is 411 g/mol. The Kier molecular flexibility index (Phi) is 5.72. The van der Waals surface area contributed by atoms with Crippen molar-refractivity contribution in [1.82, 2.24) is 19.6 Å². The summed E-state index contributed by atoms with van der Waals surface area (Å²) in [7, 11) is 0. The first-order valence-electron chi connectivity index (χ1n) is 8.03. The molecule has 0 spiro atoms. The highest BCUT2D eigenvalue weighted by atomic mass is 35.5. The quantitative estimate of drug-likeness (QED) is 0.598. The summed E-state index contributed by atoms with van der Waals surface area (Å²) >= 11 is 18.7. The van der Waals surface area contributed by atoms with E-state index >= 15 is 0 Å². The van der Waals surface area contributed by atoms with Gasteiger partial charge in [-0.25, -0.2) is 4.98 Å². The normalized spacial score (nSPS) is 12.4. The lowest BCUT2D eigenvalue weighted by Gasteiger charge is -2.23. The Balaban J connectivity index is 2.33. The third-order valence-electron chi connectivity index (χ3n) is 4.09. The van der Waals surface area contributed by atoms with E-state index in [9.17, 15) is 10.4 Å². The van der Waals surface area contributed by atoms with Gasteiger partial charge in [-0.3, -0.25) is 4.98 Å². The molecule has 2 N–H and O–H groups in total. The maximum atomic E-state index is 9.75. The summed E-state index contributed by atoms with van der Waals surface area (Å²) in [5.41, 5.74) is 1.32. The van der Waals surface area contributed by atoms with Gasteiger partial charge in [0, 0.05) is 6.20 Å². The minimum absolute atomic E-state index is 0.0965. The van der Waals surface area contributed by atoms with Crippen molar-refractivity contribution in [2.75, 3.05) is 11.9 Å². The molecule has 0 bridgehead atoms. The lowest BCUT2D eigenvalue weighted by Crippen LogP contribution is -2.31. The molecule has 7 nitrogen and oxygen atoms in total. The van der Waals surface area contributed by atoms with Gasteiger partial charge in [-0.1, -0.05) is 48.7 Å². The second-order valence-corrected chi connectivity index (χ2v) is 7.39. The van der Waals surface area contributed by atoms with E-state index in [0.717, 1.165) is 0 Å². The molecule has 0 aliphatic carbocycles.